The van der Waals surface area contributed by atoms with Gasteiger partial charge in [-0.3, -0.25) is 9.59 Å². The molecule has 194 valence electrons. The van der Waals surface area contributed by atoms with E-state index in [2.05, 4.69) is 13.8 Å². The summed E-state index contributed by atoms with van der Waals surface area (Å²) in [6.07, 6.45) is 6.78. The van der Waals surface area contributed by atoms with E-state index in [9.17, 15) is 19.7 Å². The number of ketones is 2. The van der Waals surface area contributed by atoms with Gasteiger partial charge in [0.2, 0.25) is 0 Å². The lowest BCUT2D eigenvalue weighted by Gasteiger charge is -2.47. The lowest BCUT2D eigenvalue weighted by Crippen LogP contribution is -2.50. The van der Waals surface area contributed by atoms with Gasteiger partial charge in [-0.2, -0.15) is 0 Å². The molecule has 4 atom stereocenters. The monoisotopic (exact) mass is 502 g/mol. The Kier molecular flexibility index (Phi) is 7.66. The van der Waals surface area contributed by atoms with Crippen molar-refractivity contribution in [3.63, 3.8) is 0 Å². The predicted octanol–water partition coefficient (Wildman–Crippen LogP) is 5.65. The number of carbonyl (C=O) groups is 2. The Hall–Kier alpha value is -2.74. The highest BCUT2D eigenvalue weighted by Gasteiger charge is 2.53. The van der Waals surface area contributed by atoms with E-state index in [1.165, 1.54) is 11.1 Å². The second-order valence-electron chi connectivity index (χ2n) is 10.5. The van der Waals surface area contributed by atoms with Crippen molar-refractivity contribution < 1.29 is 28.8 Å². The molecule has 1 aliphatic heterocycles. The van der Waals surface area contributed by atoms with Gasteiger partial charge in [0.15, 0.2) is 11.6 Å². The van der Waals surface area contributed by atoms with Gasteiger partial charge in [0, 0.05) is 23.0 Å². The van der Waals surface area contributed by atoms with Crippen LogP contribution in [0.25, 0.3) is 6.08 Å². The van der Waals surface area contributed by atoms with E-state index < -0.39 is 13.0 Å². The van der Waals surface area contributed by atoms with Gasteiger partial charge in [0.05, 0.1) is 6.10 Å². The average Bonchev–Trinajstić information content (AvgIpc) is 3.37. The van der Waals surface area contributed by atoms with Gasteiger partial charge in [-0.05, 0) is 68.1 Å². The van der Waals surface area contributed by atoms with Crippen LogP contribution in [0.2, 0.25) is 6.32 Å². The van der Waals surface area contributed by atoms with Crippen molar-refractivity contribution in [1.82, 2.24) is 0 Å². The lowest BCUT2D eigenvalue weighted by atomic mass is 9.54. The minimum absolute atomic E-state index is 0.0229. The van der Waals surface area contributed by atoms with Gasteiger partial charge in [0.25, 0.3) is 0 Å². The molecule has 7 heteroatoms. The Morgan fingerprint density at radius 2 is 1.81 bits per heavy atom. The van der Waals surface area contributed by atoms with E-state index in [1.807, 2.05) is 24.3 Å². The maximum Gasteiger partial charge on any atom is 0.455 e. The number of rotatable bonds is 8. The number of fused-ring (bicyclic) bond motifs is 4. The van der Waals surface area contributed by atoms with Crippen LogP contribution < -0.4 is 0 Å². The quantitative estimate of drug-likeness (QED) is 0.358. The number of carbonyl (C=O) groups excluding carboxylic acids is 2. The van der Waals surface area contributed by atoms with E-state index in [0.29, 0.717) is 41.8 Å². The molecule has 0 saturated carbocycles. The molecule has 2 aromatic rings. The summed E-state index contributed by atoms with van der Waals surface area (Å²) in [5, 5.41) is 20.1. The third-order valence-electron chi connectivity index (χ3n) is 8.27. The smallest absolute Gasteiger partial charge is 0.455 e. The summed E-state index contributed by atoms with van der Waals surface area (Å²) in [7, 11) is -0.966. The molecular formula is C30H35BO6. The fraction of sp³-hybridized carbons (Fsp3) is 0.467. The molecule has 1 saturated heterocycles. The third kappa shape index (κ3) is 4.92. The molecule has 0 bridgehead atoms. The van der Waals surface area contributed by atoms with Crippen LogP contribution in [0.3, 0.4) is 0 Å². The highest BCUT2D eigenvalue weighted by Crippen LogP contribution is 2.51. The van der Waals surface area contributed by atoms with Crippen LogP contribution in [-0.2, 0) is 11.3 Å². The van der Waals surface area contributed by atoms with Crippen molar-refractivity contribution in [2.24, 2.45) is 17.8 Å². The number of furan rings is 1. The molecule has 2 aliphatic carbocycles. The van der Waals surface area contributed by atoms with Crippen molar-refractivity contribution in [3.05, 3.63) is 75.8 Å². The summed E-state index contributed by atoms with van der Waals surface area (Å²) in [6.45, 7) is 4.10. The van der Waals surface area contributed by atoms with Crippen molar-refractivity contribution in [1.29, 1.82) is 0 Å². The molecule has 1 aromatic heterocycles. The second-order valence-corrected chi connectivity index (χ2v) is 10.5. The first-order chi connectivity index (χ1) is 17.9. The first-order valence-electron chi connectivity index (χ1n) is 13.6. The molecule has 6 nitrogen and oxygen atoms in total. The Balaban J connectivity index is 1.44. The molecule has 2 heterocycles. The summed E-state index contributed by atoms with van der Waals surface area (Å²) in [5.41, 5.74) is 4.59. The highest BCUT2D eigenvalue weighted by atomic mass is 16.5. The normalized spacial score (nSPS) is 25.7. The topological polar surface area (TPSA) is 97.0 Å². The summed E-state index contributed by atoms with van der Waals surface area (Å²) < 4.78 is 11.8. The van der Waals surface area contributed by atoms with Crippen molar-refractivity contribution >= 4 is 24.8 Å². The van der Waals surface area contributed by atoms with E-state index in [0.717, 1.165) is 31.3 Å². The Morgan fingerprint density at radius 1 is 1.05 bits per heavy atom. The first-order valence-corrected chi connectivity index (χ1v) is 13.6. The lowest BCUT2D eigenvalue weighted by molar-refractivity contribution is 0.0599. The molecule has 2 N–H and O–H groups in total. The summed E-state index contributed by atoms with van der Waals surface area (Å²) in [4.78, 5) is 27.2. The van der Waals surface area contributed by atoms with Crippen LogP contribution in [0.1, 0.15) is 84.6 Å². The number of Topliss-reactive ketones (excluding diaryl/α,β-unsaturated/α-hetero) is 2. The molecule has 0 unspecified atom stereocenters. The summed E-state index contributed by atoms with van der Waals surface area (Å²) in [6, 6.07) is 10.8. The van der Waals surface area contributed by atoms with Crippen LogP contribution in [0.4, 0.5) is 0 Å². The van der Waals surface area contributed by atoms with Gasteiger partial charge in [-0.15, -0.1) is 0 Å². The predicted molar refractivity (Wildman–Crippen MR) is 142 cm³/mol. The van der Waals surface area contributed by atoms with Crippen molar-refractivity contribution in [2.45, 2.75) is 71.4 Å². The van der Waals surface area contributed by atoms with Crippen molar-refractivity contribution in [3.8, 4) is 0 Å². The first kappa shape index (κ1) is 25.9. The fourth-order valence-electron chi connectivity index (χ4n) is 6.67. The van der Waals surface area contributed by atoms with Gasteiger partial charge >= 0.3 is 7.12 Å². The number of aliphatic hydroxyl groups excluding tert-OH is 1. The van der Waals surface area contributed by atoms with E-state index in [-0.39, 0.29) is 36.1 Å². The number of benzene rings is 1. The third-order valence-corrected chi connectivity index (χ3v) is 8.27. The minimum atomic E-state index is -0.966. The molecule has 0 radical (unpaired) electrons. The van der Waals surface area contributed by atoms with Gasteiger partial charge in [0.1, 0.15) is 18.1 Å². The summed E-state index contributed by atoms with van der Waals surface area (Å²) >= 11 is 0. The highest BCUT2D eigenvalue weighted by molar-refractivity contribution is 6.43. The maximum absolute atomic E-state index is 13.7. The number of allylic oxidation sites excluding steroid dienone is 2. The zero-order valence-electron chi connectivity index (χ0n) is 21.6. The molecule has 0 spiro atoms. The zero-order chi connectivity index (χ0) is 26.1. The standard InChI is InChI=1S/C30H35BO6/c1-3-7-18(14-20-11-12-21(17-32)36-20)10-13-26-27-19(4-2)15-24-28(25(27)16-31(35)37-26)30(34)23-9-6-5-8-22(23)29(24)33/h5-6,8-9,11-12,14,24-26,28,32,35H,3-4,7,10,13,15-17H2,1-2H3/b18-14+/t24-,25+,26-,28-/m1/s1. The fourth-order valence-corrected chi connectivity index (χ4v) is 6.67. The van der Waals surface area contributed by atoms with Crippen LogP contribution in [0, 0.1) is 17.8 Å². The number of hydrogen-bond acceptors (Lipinski definition) is 6. The molecule has 3 aliphatic rings. The molecule has 1 fully saturated rings. The molecular weight excluding hydrogens is 467 g/mol. The van der Waals surface area contributed by atoms with Crippen LogP contribution in [0.5, 0.6) is 0 Å². The molecule has 5 rings (SSSR count). The largest absolute Gasteiger partial charge is 0.459 e. The second kappa shape index (κ2) is 10.9. The summed E-state index contributed by atoms with van der Waals surface area (Å²) in [5.74, 6) is 0.321. The van der Waals surface area contributed by atoms with Gasteiger partial charge in [-0.1, -0.05) is 55.7 Å². The van der Waals surface area contributed by atoms with Crippen LogP contribution >= 0.6 is 0 Å². The van der Waals surface area contributed by atoms with Gasteiger partial charge in [-0.25, -0.2) is 0 Å². The molecule has 37 heavy (non-hydrogen) atoms. The van der Waals surface area contributed by atoms with Gasteiger partial charge < -0.3 is 19.2 Å². The average molecular weight is 502 g/mol. The minimum Gasteiger partial charge on any atom is -0.459 e. The van der Waals surface area contributed by atoms with Crippen LogP contribution in [0.15, 0.2) is 57.5 Å². The van der Waals surface area contributed by atoms with Crippen molar-refractivity contribution in [2.75, 3.05) is 0 Å². The zero-order valence-corrected chi connectivity index (χ0v) is 21.6. The molecule has 0 amide bonds. The van der Waals surface area contributed by atoms with E-state index in [4.69, 9.17) is 9.07 Å². The number of hydrogen-bond donors (Lipinski definition) is 2. The van der Waals surface area contributed by atoms with Crippen LogP contribution in [-0.4, -0.2) is 34.9 Å². The van der Waals surface area contributed by atoms with E-state index in [1.54, 1.807) is 18.2 Å². The Morgan fingerprint density at radius 3 is 2.49 bits per heavy atom. The number of aliphatic hydroxyl groups is 1. The Bertz CT molecular complexity index is 1240. The SMILES string of the molecule is CCC/C(=C\c1ccc(CO)o1)CC[C@H]1OB(O)C[C@H]2C1=C(CC)C[C@H]1C(=O)c3ccccc3C(=O)[C@H]12. The van der Waals surface area contributed by atoms with E-state index >= 15 is 0 Å². The molecule has 1 aromatic carbocycles. The maximum atomic E-state index is 13.7. The Labute approximate surface area is 218 Å².